The van der Waals surface area contributed by atoms with E-state index in [0.29, 0.717) is 31.7 Å². The summed E-state index contributed by atoms with van der Waals surface area (Å²) < 4.78 is 6.56. The maximum Gasteiger partial charge on any atom is 0.257 e. The first-order valence-corrected chi connectivity index (χ1v) is 7.13. The summed E-state index contributed by atoms with van der Waals surface area (Å²) >= 11 is 3.43. The van der Waals surface area contributed by atoms with Crippen molar-refractivity contribution in [3.63, 3.8) is 0 Å². The molecule has 0 heterocycles. The summed E-state index contributed by atoms with van der Waals surface area (Å²) in [6, 6.07) is 5.84. The number of rotatable bonds is 7. The molecule has 0 fully saturated rings. The lowest BCUT2D eigenvalue weighted by Crippen LogP contribution is -2.29. The monoisotopic (exact) mass is 339 g/mol. The van der Waals surface area contributed by atoms with Gasteiger partial charge in [-0.25, -0.2) is 0 Å². The highest BCUT2D eigenvalue weighted by atomic mass is 79.9. The first-order valence-electron chi connectivity index (χ1n) is 6.34. The number of halogens is 1. The maximum atomic E-state index is 11.6. The molecule has 0 aliphatic carbocycles. The number of amides is 1. The van der Waals surface area contributed by atoms with E-state index in [1.807, 2.05) is 25.1 Å². The summed E-state index contributed by atoms with van der Waals surface area (Å²) in [4.78, 5) is 11.6. The summed E-state index contributed by atoms with van der Waals surface area (Å²) in [6.45, 7) is 2.72. The minimum Gasteiger partial charge on any atom is -0.483 e. The van der Waals surface area contributed by atoms with Gasteiger partial charge in [-0.05, 0) is 43.1 Å². The number of ether oxygens (including phenoxy) is 1. The molecule has 0 bridgehead atoms. The lowest BCUT2D eigenvalue weighted by Gasteiger charge is -2.14. The van der Waals surface area contributed by atoms with Crippen molar-refractivity contribution in [2.24, 2.45) is 5.73 Å². The molecule has 1 rings (SSSR count). The number of nitrogens with two attached hydrogens (primary N) is 1. The van der Waals surface area contributed by atoms with Crippen LogP contribution in [-0.4, -0.2) is 25.6 Å². The van der Waals surface area contributed by atoms with Gasteiger partial charge in [-0.3, -0.25) is 4.79 Å². The number of aryl methyl sites for hydroxylation is 1. The van der Waals surface area contributed by atoms with Gasteiger partial charge < -0.3 is 15.8 Å². The lowest BCUT2D eigenvalue weighted by molar-refractivity contribution is -0.123. The van der Waals surface area contributed by atoms with E-state index in [2.05, 4.69) is 21.2 Å². The van der Waals surface area contributed by atoms with Crippen molar-refractivity contribution in [2.45, 2.75) is 19.8 Å². The summed E-state index contributed by atoms with van der Waals surface area (Å²) in [6.07, 6.45) is 0.979. The Balaban J connectivity index is 2.67. The molecule has 0 unspecified atom stereocenters. The molecule has 3 N–H and O–H groups in total. The van der Waals surface area contributed by atoms with Gasteiger partial charge in [0, 0.05) is 11.0 Å². The fourth-order valence-electron chi connectivity index (χ4n) is 1.79. The summed E-state index contributed by atoms with van der Waals surface area (Å²) in [5.41, 5.74) is 7.51. The van der Waals surface area contributed by atoms with Crippen LogP contribution in [0.1, 0.15) is 17.5 Å². The van der Waals surface area contributed by atoms with E-state index >= 15 is 0 Å². The van der Waals surface area contributed by atoms with Gasteiger partial charge in [0.05, 0.1) is 12.5 Å². The largest absolute Gasteiger partial charge is 0.483 e. The molecular weight excluding hydrogens is 322 g/mol. The molecule has 0 aromatic heterocycles. The second-order valence-electron chi connectivity index (χ2n) is 4.30. The average Bonchev–Trinajstić information content (AvgIpc) is 2.38. The molecule has 1 amide bonds. The van der Waals surface area contributed by atoms with Crippen LogP contribution in [0.4, 0.5) is 0 Å². The third-order valence-electron chi connectivity index (χ3n) is 2.64. The number of benzene rings is 1. The lowest BCUT2D eigenvalue weighted by atomic mass is 10.1. The Morgan fingerprint density at radius 1 is 1.55 bits per heavy atom. The quantitative estimate of drug-likeness (QED) is 0.739. The van der Waals surface area contributed by atoms with Crippen LogP contribution in [0.3, 0.4) is 0 Å². The zero-order chi connectivity index (χ0) is 15.0. The summed E-state index contributed by atoms with van der Waals surface area (Å²) in [7, 11) is 0. The number of carbonyl (C=O) groups excluding carboxylic acids is 1. The highest BCUT2D eigenvalue weighted by Crippen LogP contribution is 2.28. The molecule has 20 heavy (non-hydrogen) atoms. The van der Waals surface area contributed by atoms with Gasteiger partial charge >= 0.3 is 0 Å². The van der Waals surface area contributed by atoms with Gasteiger partial charge in [0.15, 0.2) is 6.61 Å². The van der Waals surface area contributed by atoms with E-state index < -0.39 is 0 Å². The first kappa shape index (κ1) is 16.5. The van der Waals surface area contributed by atoms with Crippen LogP contribution in [0.2, 0.25) is 0 Å². The Morgan fingerprint density at radius 3 is 2.95 bits per heavy atom. The van der Waals surface area contributed by atoms with E-state index in [1.54, 1.807) is 0 Å². The van der Waals surface area contributed by atoms with Crippen LogP contribution in [0, 0.1) is 18.3 Å². The van der Waals surface area contributed by atoms with Gasteiger partial charge in [0.1, 0.15) is 5.75 Å². The predicted octanol–water partition coefficient (Wildman–Crippen LogP) is 1.67. The van der Waals surface area contributed by atoms with Gasteiger partial charge in [-0.2, -0.15) is 5.26 Å². The van der Waals surface area contributed by atoms with Crippen molar-refractivity contribution in [1.29, 1.82) is 5.26 Å². The summed E-state index contributed by atoms with van der Waals surface area (Å²) in [5.74, 6) is 0.468. The molecule has 0 atom stereocenters. The number of carbonyl (C=O) groups is 1. The fourth-order valence-corrected chi connectivity index (χ4v) is 2.41. The van der Waals surface area contributed by atoms with Crippen molar-refractivity contribution in [2.75, 3.05) is 19.7 Å². The number of hydrogen-bond donors (Lipinski definition) is 2. The van der Waals surface area contributed by atoms with Crippen LogP contribution < -0.4 is 15.8 Å². The van der Waals surface area contributed by atoms with Crippen molar-refractivity contribution in [3.8, 4) is 11.8 Å². The van der Waals surface area contributed by atoms with Gasteiger partial charge in [-0.1, -0.05) is 15.9 Å². The molecular formula is C14H18BrN3O2. The Morgan fingerprint density at radius 2 is 2.30 bits per heavy atom. The van der Waals surface area contributed by atoms with E-state index in [-0.39, 0.29) is 12.5 Å². The smallest absolute Gasteiger partial charge is 0.257 e. The zero-order valence-electron chi connectivity index (χ0n) is 11.4. The molecule has 0 aliphatic heterocycles. The second kappa shape index (κ2) is 8.56. The molecule has 5 nitrogen and oxygen atoms in total. The maximum absolute atomic E-state index is 11.6. The number of hydrogen-bond acceptors (Lipinski definition) is 4. The topological polar surface area (TPSA) is 88.1 Å². The molecule has 108 valence electrons. The Bertz CT molecular complexity index is 512. The fraction of sp³-hybridized carbons (Fsp3) is 0.429. The minimum absolute atomic E-state index is 0.0640. The SMILES string of the molecule is Cc1cc(Br)cc(CCN)c1OCC(=O)NCCC#N. The highest BCUT2D eigenvalue weighted by Gasteiger charge is 2.10. The van der Waals surface area contributed by atoms with Crippen LogP contribution in [-0.2, 0) is 11.2 Å². The molecule has 1 aromatic carbocycles. The predicted molar refractivity (Wildman–Crippen MR) is 80.4 cm³/mol. The Hall–Kier alpha value is -1.58. The molecule has 0 aliphatic rings. The van der Waals surface area contributed by atoms with Gasteiger partial charge in [0.2, 0.25) is 0 Å². The third-order valence-corrected chi connectivity index (χ3v) is 3.09. The van der Waals surface area contributed by atoms with E-state index in [4.69, 9.17) is 15.7 Å². The van der Waals surface area contributed by atoms with Crippen molar-refractivity contribution in [3.05, 3.63) is 27.7 Å². The van der Waals surface area contributed by atoms with Crippen LogP contribution >= 0.6 is 15.9 Å². The minimum atomic E-state index is -0.235. The van der Waals surface area contributed by atoms with Gasteiger partial charge in [0.25, 0.3) is 5.91 Å². The van der Waals surface area contributed by atoms with Crippen molar-refractivity contribution < 1.29 is 9.53 Å². The van der Waals surface area contributed by atoms with Crippen LogP contribution in [0.15, 0.2) is 16.6 Å². The van der Waals surface area contributed by atoms with E-state index in [1.165, 1.54) is 0 Å². The highest BCUT2D eigenvalue weighted by molar-refractivity contribution is 9.10. The molecule has 0 radical (unpaired) electrons. The normalized spacial score (nSPS) is 9.90. The Labute approximate surface area is 127 Å². The first-order chi connectivity index (χ1) is 9.58. The number of nitrogens with one attached hydrogen (secondary N) is 1. The van der Waals surface area contributed by atoms with Gasteiger partial charge in [-0.15, -0.1) is 0 Å². The van der Waals surface area contributed by atoms with Crippen molar-refractivity contribution >= 4 is 21.8 Å². The average molecular weight is 340 g/mol. The summed E-state index contributed by atoms with van der Waals surface area (Å²) in [5, 5.41) is 11.0. The number of nitriles is 1. The number of nitrogens with zero attached hydrogens (tertiary/aromatic N) is 1. The molecule has 0 spiro atoms. The van der Waals surface area contributed by atoms with Crippen LogP contribution in [0.5, 0.6) is 5.75 Å². The molecule has 0 saturated heterocycles. The standard InChI is InChI=1S/C14H18BrN3O2/c1-10-7-12(15)8-11(3-5-17)14(10)20-9-13(19)18-6-2-4-16/h7-8H,2-3,5-6,9,17H2,1H3,(H,18,19). The second-order valence-corrected chi connectivity index (χ2v) is 5.21. The molecule has 1 aromatic rings. The Kier molecular flexibility index (Phi) is 7.05. The third kappa shape index (κ3) is 5.19. The van der Waals surface area contributed by atoms with Crippen LogP contribution in [0.25, 0.3) is 0 Å². The van der Waals surface area contributed by atoms with E-state index in [9.17, 15) is 4.79 Å². The molecule has 0 saturated carbocycles. The zero-order valence-corrected chi connectivity index (χ0v) is 13.0. The molecule has 6 heteroatoms. The van der Waals surface area contributed by atoms with Crippen molar-refractivity contribution in [1.82, 2.24) is 5.32 Å². The van der Waals surface area contributed by atoms with E-state index in [0.717, 1.165) is 15.6 Å².